The lowest BCUT2D eigenvalue weighted by Gasteiger charge is -2.09. The summed E-state index contributed by atoms with van der Waals surface area (Å²) in [6, 6.07) is 1.62. The third kappa shape index (κ3) is 3.54. The van der Waals surface area contributed by atoms with Crippen LogP contribution in [0.2, 0.25) is 0 Å². The number of nitrogens with one attached hydrogen (secondary N) is 1. The van der Waals surface area contributed by atoms with E-state index in [-0.39, 0.29) is 17.6 Å². The van der Waals surface area contributed by atoms with Gasteiger partial charge in [0.05, 0.1) is 18.1 Å². The third-order valence-electron chi connectivity index (χ3n) is 3.05. The second-order valence-electron chi connectivity index (χ2n) is 4.50. The molecule has 0 bridgehead atoms. The minimum absolute atomic E-state index is 0.0288. The van der Waals surface area contributed by atoms with Gasteiger partial charge < -0.3 is 15.2 Å². The van der Waals surface area contributed by atoms with Gasteiger partial charge in [0.15, 0.2) is 0 Å². The van der Waals surface area contributed by atoms with Crippen molar-refractivity contribution in [3.05, 3.63) is 16.5 Å². The monoisotopic (exact) mass is 283 g/mol. The summed E-state index contributed by atoms with van der Waals surface area (Å²) in [5, 5.41) is 12.2. The van der Waals surface area contributed by atoms with Crippen LogP contribution in [0.15, 0.2) is 6.07 Å². The van der Waals surface area contributed by atoms with E-state index in [1.54, 1.807) is 6.07 Å². The van der Waals surface area contributed by atoms with Gasteiger partial charge in [0, 0.05) is 11.5 Å². The van der Waals surface area contributed by atoms with Crippen LogP contribution < -0.4 is 5.32 Å². The van der Waals surface area contributed by atoms with Gasteiger partial charge in [0.2, 0.25) is 5.91 Å². The fraction of sp³-hybridized carbons (Fsp3) is 0.538. The Balaban J connectivity index is 2.02. The van der Waals surface area contributed by atoms with Crippen LogP contribution in [0, 0.1) is 0 Å². The van der Waals surface area contributed by atoms with E-state index in [0.717, 1.165) is 24.1 Å². The number of carbonyl (C=O) groups excluding carboxylic acids is 1. The van der Waals surface area contributed by atoms with Crippen LogP contribution in [-0.4, -0.2) is 29.7 Å². The number of ether oxygens (including phenoxy) is 1. The number of amides is 1. The molecule has 1 aliphatic rings. The molecule has 1 amide bonds. The van der Waals surface area contributed by atoms with Crippen molar-refractivity contribution in [1.29, 1.82) is 0 Å². The lowest BCUT2D eigenvalue weighted by Crippen LogP contribution is -2.19. The standard InChI is InChI=1S/C13H17NO4S/c1-2-9-7-10(13(16)17)12(19-9)14-11(15)6-8-4-3-5-18-8/h7-8H,2-6H2,1H3,(H,14,15)(H,16,17). The van der Waals surface area contributed by atoms with Gasteiger partial charge in [-0.15, -0.1) is 11.3 Å². The van der Waals surface area contributed by atoms with E-state index in [2.05, 4.69) is 5.32 Å². The van der Waals surface area contributed by atoms with Gasteiger partial charge in [-0.2, -0.15) is 0 Å². The van der Waals surface area contributed by atoms with Gasteiger partial charge in [-0.25, -0.2) is 4.79 Å². The molecule has 1 unspecified atom stereocenters. The van der Waals surface area contributed by atoms with Gasteiger partial charge in [0.1, 0.15) is 5.00 Å². The number of carboxylic acids is 1. The molecule has 0 spiro atoms. The first-order chi connectivity index (χ1) is 9.10. The summed E-state index contributed by atoms with van der Waals surface area (Å²) in [4.78, 5) is 23.9. The van der Waals surface area contributed by atoms with Crippen LogP contribution in [0.3, 0.4) is 0 Å². The number of anilines is 1. The van der Waals surface area contributed by atoms with Crippen molar-refractivity contribution >= 4 is 28.2 Å². The van der Waals surface area contributed by atoms with Crippen molar-refractivity contribution in [2.24, 2.45) is 0 Å². The molecule has 1 atom stereocenters. The van der Waals surface area contributed by atoms with Gasteiger partial charge in [-0.1, -0.05) is 6.92 Å². The lowest BCUT2D eigenvalue weighted by atomic mass is 10.2. The second-order valence-corrected chi connectivity index (χ2v) is 5.64. The molecule has 1 aliphatic heterocycles. The van der Waals surface area contributed by atoms with E-state index in [9.17, 15) is 9.59 Å². The van der Waals surface area contributed by atoms with Crippen LogP contribution in [0.4, 0.5) is 5.00 Å². The van der Waals surface area contributed by atoms with Crippen molar-refractivity contribution in [2.75, 3.05) is 11.9 Å². The summed E-state index contributed by atoms with van der Waals surface area (Å²) >= 11 is 1.32. The molecule has 6 heteroatoms. The molecule has 0 aromatic carbocycles. The summed E-state index contributed by atoms with van der Waals surface area (Å²) in [7, 11) is 0. The zero-order chi connectivity index (χ0) is 13.8. The summed E-state index contributed by atoms with van der Waals surface area (Å²) < 4.78 is 5.39. The Kier molecular flexibility index (Phi) is 4.55. The number of carbonyl (C=O) groups is 2. The van der Waals surface area contributed by atoms with E-state index in [1.807, 2.05) is 6.92 Å². The van der Waals surface area contributed by atoms with Crippen molar-refractivity contribution in [2.45, 2.75) is 38.7 Å². The number of aromatic carboxylic acids is 1. The smallest absolute Gasteiger partial charge is 0.338 e. The van der Waals surface area contributed by atoms with Gasteiger partial charge >= 0.3 is 5.97 Å². The minimum atomic E-state index is -1.01. The molecule has 0 radical (unpaired) electrons. The van der Waals surface area contributed by atoms with E-state index in [4.69, 9.17) is 9.84 Å². The number of thiophene rings is 1. The first kappa shape index (κ1) is 14.0. The SMILES string of the molecule is CCc1cc(C(=O)O)c(NC(=O)CC2CCCO2)s1. The quantitative estimate of drug-likeness (QED) is 0.870. The van der Waals surface area contributed by atoms with E-state index >= 15 is 0 Å². The fourth-order valence-corrected chi connectivity index (χ4v) is 3.06. The van der Waals surface area contributed by atoms with E-state index in [1.165, 1.54) is 11.3 Å². The largest absolute Gasteiger partial charge is 0.478 e. The van der Waals surface area contributed by atoms with E-state index < -0.39 is 5.97 Å². The Hall–Kier alpha value is -1.40. The highest BCUT2D eigenvalue weighted by atomic mass is 32.1. The van der Waals surface area contributed by atoms with Gasteiger partial charge in [0.25, 0.3) is 0 Å². The molecular formula is C13H17NO4S. The first-order valence-electron chi connectivity index (χ1n) is 6.37. The zero-order valence-corrected chi connectivity index (χ0v) is 11.6. The molecule has 2 heterocycles. The van der Waals surface area contributed by atoms with Crippen LogP contribution in [0.5, 0.6) is 0 Å². The highest BCUT2D eigenvalue weighted by molar-refractivity contribution is 7.16. The Bertz CT molecular complexity index is 477. The minimum Gasteiger partial charge on any atom is -0.478 e. The predicted molar refractivity (Wildman–Crippen MR) is 72.9 cm³/mol. The average molecular weight is 283 g/mol. The molecule has 1 saturated heterocycles. The Morgan fingerprint density at radius 1 is 1.58 bits per heavy atom. The fourth-order valence-electron chi connectivity index (χ4n) is 2.06. The zero-order valence-electron chi connectivity index (χ0n) is 10.8. The van der Waals surface area contributed by atoms with Crippen LogP contribution in [0.25, 0.3) is 0 Å². The summed E-state index contributed by atoms with van der Waals surface area (Å²) in [6.45, 7) is 2.66. The maximum absolute atomic E-state index is 11.9. The van der Waals surface area contributed by atoms with E-state index in [0.29, 0.717) is 18.0 Å². The third-order valence-corrected chi connectivity index (χ3v) is 4.25. The molecule has 1 fully saturated rings. The molecule has 5 nitrogen and oxygen atoms in total. The van der Waals surface area contributed by atoms with Crippen molar-refractivity contribution in [3.63, 3.8) is 0 Å². The molecule has 0 aliphatic carbocycles. The molecule has 1 aromatic heterocycles. The Morgan fingerprint density at radius 3 is 2.95 bits per heavy atom. The van der Waals surface area contributed by atoms with Crippen molar-refractivity contribution < 1.29 is 19.4 Å². The molecular weight excluding hydrogens is 266 g/mol. The van der Waals surface area contributed by atoms with Crippen molar-refractivity contribution in [3.8, 4) is 0 Å². The van der Waals surface area contributed by atoms with Crippen LogP contribution in [-0.2, 0) is 16.0 Å². The molecule has 2 rings (SSSR count). The van der Waals surface area contributed by atoms with Gasteiger partial charge in [-0.3, -0.25) is 4.79 Å². The Labute approximate surface area is 115 Å². The summed E-state index contributed by atoms with van der Waals surface area (Å²) in [5.74, 6) is -1.19. The highest BCUT2D eigenvalue weighted by Crippen LogP contribution is 2.29. The molecule has 2 N–H and O–H groups in total. The van der Waals surface area contributed by atoms with Crippen LogP contribution in [0.1, 0.15) is 41.4 Å². The second kappa shape index (κ2) is 6.16. The summed E-state index contributed by atoms with van der Waals surface area (Å²) in [5.41, 5.74) is 0.169. The molecule has 104 valence electrons. The topological polar surface area (TPSA) is 75.6 Å². The predicted octanol–water partition coefficient (Wildman–Crippen LogP) is 2.52. The van der Waals surface area contributed by atoms with Crippen LogP contribution >= 0.6 is 11.3 Å². The molecule has 1 aromatic rings. The number of carboxylic acid groups (broad SMARTS) is 1. The number of hydrogen-bond acceptors (Lipinski definition) is 4. The number of aryl methyl sites for hydroxylation is 1. The highest BCUT2D eigenvalue weighted by Gasteiger charge is 2.21. The van der Waals surface area contributed by atoms with Crippen molar-refractivity contribution in [1.82, 2.24) is 0 Å². The first-order valence-corrected chi connectivity index (χ1v) is 7.19. The maximum atomic E-state index is 11.9. The average Bonchev–Trinajstić information content (AvgIpc) is 2.98. The molecule has 19 heavy (non-hydrogen) atoms. The number of rotatable bonds is 5. The summed E-state index contributed by atoms with van der Waals surface area (Å²) in [6.07, 6.45) is 2.89. The normalized spacial score (nSPS) is 18.5. The number of hydrogen-bond donors (Lipinski definition) is 2. The molecule has 0 saturated carbocycles. The maximum Gasteiger partial charge on any atom is 0.338 e. The Morgan fingerprint density at radius 2 is 2.37 bits per heavy atom. The lowest BCUT2D eigenvalue weighted by molar-refractivity contribution is -0.118. The van der Waals surface area contributed by atoms with Gasteiger partial charge in [-0.05, 0) is 25.3 Å².